The van der Waals surface area contributed by atoms with Crippen molar-refractivity contribution in [2.45, 2.75) is 25.8 Å². The van der Waals surface area contributed by atoms with Gasteiger partial charge in [-0.15, -0.1) is 0 Å². The molecule has 2 heterocycles. The summed E-state index contributed by atoms with van der Waals surface area (Å²) < 4.78 is 7.07. The van der Waals surface area contributed by atoms with Crippen molar-refractivity contribution >= 4 is 5.97 Å². The summed E-state index contributed by atoms with van der Waals surface area (Å²) in [5, 5.41) is 13.9. The molecular formula is C16H18N2O3. The maximum atomic E-state index is 11.4. The van der Waals surface area contributed by atoms with Crippen LogP contribution in [0.3, 0.4) is 0 Å². The predicted octanol–water partition coefficient (Wildman–Crippen LogP) is 2.44. The monoisotopic (exact) mass is 286 g/mol. The number of hydrogen-bond acceptors (Lipinski definition) is 3. The molecular weight excluding hydrogens is 268 g/mol. The summed E-state index contributed by atoms with van der Waals surface area (Å²) in [6.45, 7) is 3.86. The number of carboxylic acids is 1. The van der Waals surface area contributed by atoms with Crippen molar-refractivity contribution in [3.8, 4) is 0 Å². The van der Waals surface area contributed by atoms with E-state index < -0.39 is 5.97 Å². The third-order valence-corrected chi connectivity index (χ3v) is 3.93. The van der Waals surface area contributed by atoms with Crippen LogP contribution < -0.4 is 0 Å². The van der Waals surface area contributed by atoms with E-state index in [4.69, 9.17) is 4.74 Å². The molecule has 1 fully saturated rings. The molecule has 0 aliphatic carbocycles. The van der Waals surface area contributed by atoms with Crippen LogP contribution in [0, 0.1) is 6.92 Å². The minimum atomic E-state index is -0.923. The quantitative estimate of drug-likeness (QED) is 0.937. The summed E-state index contributed by atoms with van der Waals surface area (Å²) in [5.41, 5.74) is 3.26. The van der Waals surface area contributed by atoms with Crippen molar-refractivity contribution in [1.82, 2.24) is 9.78 Å². The number of carboxylic acid groups (broad SMARTS) is 1. The Morgan fingerprint density at radius 1 is 1.48 bits per heavy atom. The highest BCUT2D eigenvalue weighted by atomic mass is 16.5. The van der Waals surface area contributed by atoms with Gasteiger partial charge >= 0.3 is 5.97 Å². The number of nitrogens with zero attached hydrogens (tertiary/aromatic N) is 2. The molecule has 0 spiro atoms. The van der Waals surface area contributed by atoms with E-state index in [1.807, 2.05) is 31.2 Å². The fourth-order valence-electron chi connectivity index (χ4n) is 2.70. The minimum absolute atomic E-state index is 0.0919. The number of rotatable bonds is 4. The van der Waals surface area contributed by atoms with Gasteiger partial charge in [-0.2, -0.15) is 5.10 Å². The Bertz CT molecular complexity index is 657. The number of aromatic carboxylic acids is 1. The molecule has 21 heavy (non-hydrogen) atoms. The van der Waals surface area contributed by atoms with E-state index in [0.717, 1.165) is 12.0 Å². The van der Waals surface area contributed by atoms with E-state index in [2.05, 4.69) is 5.10 Å². The normalized spacial score (nSPS) is 18.0. The number of benzene rings is 1. The van der Waals surface area contributed by atoms with E-state index in [1.54, 1.807) is 10.9 Å². The second kappa shape index (κ2) is 5.69. The van der Waals surface area contributed by atoms with Gasteiger partial charge in [0.25, 0.3) is 0 Å². The van der Waals surface area contributed by atoms with E-state index in [-0.39, 0.29) is 5.92 Å². The summed E-state index contributed by atoms with van der Waals surface area (Å²) in [7, 11) is 0. The van der Waals surface area contributed by atoms with Crippen LogP contribution in [0.5, 0.6) is 0 Å². The molecule has 1 unspecified atom stereocenters. The lowest BCUT2D eigenvalue weighted by molar-refractivity contribution is 0.0695. The summed E-state index contributed by atoms with van der Waals surface area (Å²) in [6, 6.07) is 8.06. The highest BCUT2D eigenvalue weighted by molar-refractivity contribution is 5.88. The van der Waals surface area contributed by atoms with Crippen molar-refractivity contribution in [3.63, 3.8) is 0 Å². The fourth-order valence-corrected chi connectivity index (χ4v) is 2.70. The first-order valence-electron chi connectivity index (χ1n) is 7.08. The minimum Gasteiger partial charge on any atom is -0.478 e. The highest BCUT2D eigenvalue weighted by Gasteiger charge is 2.26. The van der Waals surface area contributed by atoms with Gasteiger partial charge in [0.15, 0.2) is 0 Å². The summed E-state index contributed by atoms with van der Waals surface area (Å²) in [5.74, 6) is -0.831. The van der Waals surface area contributed by atoms with Gasteiger partial charge in [0.1, 0.15) is 5.56 Å². The zero-order valence-corrected chi connectivity index (χ0v) is 12.0. The van der Waals surface area contributed by atoms with Gasteiger partial charge in [-0.05, 0) is 24.5 Å². The molecule has 3 rings (SSSR count). The van der Waals surface area contributed by atoms with Crippen LogP contribution in [0.4, 0.5) is 0 Å². The number of hydrogen-bond donors (Lipinski definition) is 1. The standard InChI is InChI=1S/C16H18N2O3/c1-11-4-2-3-5-12(11)8-18-9-14(16(19)20)15(17-18)13-6-7-21-10-13/h2-5,9,13H,6-8,10H2,1H3,(H,19,20). The van der Waals surface area contributed by atoms with E-state index in [0.29, 0.717) is 31.0 Å². The molecule has 0 bridgehead atoms. The van der Waals surface area contributed by atoms with Gasteiger partial charge in [0.05, 0.1) is 18.8 Å². The van der Waals surface area contributed by atoms with Gasteiger partial charge in [-0.25, -0.2) is 4.79 Å². The van der Waals surface area contributed by atoms with Crippen LogP contribution >= 0.6 is 0 Å². The van der Waals surface area contributed by atoms with Crippen molar-refractivity contribution in [1.29, 1.82) is 0 Å². The van der Waals surface area contributed by atoms with E-state index >= 15 is 0 Å². The third kappa shape index (κ3) is 2.83. The second-order valence-corrected chi connectivity index (χ2v) is 5.42. The molecule has 1 atom stereocenters. The summed E-state index contributed by atoms with van der Waals surface area (Å²) >= 11 is 0. The van der Waals surface area contributed by atoms with Crippen molar-refractivity contribution in [2.75, 3.05) is 13.2 Å². The first-order chi connectivity index (χ1) is 10.1. The molecule has 5 heteroatoms. The molecule has 110 valence electrons. The summed E-state index contributed by atoms with van der Waals surface area (Å²) in [4.78, 5) is 11.4. The molecule has 0 amide bonds. The maximum Gasteiger partial charge on any atom is 0.339 e. The lowest BCUT2D eigenvalue weighted by Crippen LogP contribution is -2.07. The Morgan fingerprint density at radius 2 is 2.29 bits per heavy atom. The fraction of sp³-hybridized carbons (Fsp3) is 0.375. The molecule has 0 radical (unpaired) electrons. The van der Waals surface area contributed by atoms with Crippen LogP contribution in [-0.4, -0.2) is 34.1 Å². The van der Waals surface area contributed by atoms with Gasteiger partial charge < -0.3 is 9.84 Å². The molecule has 1 aliphatic rings. The lowest BCUT2D eigenvalue weighted by Gasteiger charge is -2.06. The van der Waals surface area contributed by atoms with Crippen molar-refractivity contribution in [2.24, 2.45) is 0 Å². The molecule has 1 saturated heterocycles. The molecule has 1 aromatic carbocycles. The number of ether oxygens (including phenoxy) is 1. The molecule has 1 aromatic heterocycles. The van der Waals surface area contributed by atoms with Crippen LogP contribution in [0.15, 0.2) is 30.5 Å². The highest BCUT2D eigenvalue weighted by Crippen LogP contribution is 2.27. The number of aryl methyl sites for hydroxylation is 1. The molecule has 2 aromatic rings. The molecule has 0 saturated carbocycles. The Balaban J connectivity index is 1.91. The zero-order chi connectivity index (χ0) is 14.8. The van der Waals surface area contributed by atoms with Crippen LogP contribution in [0.2, 0.25) is 0 Å². The molecule has 5 nitrogen and oxygen atoms in total. The molecule has 1 N–H and O–H groups in total. The Labute approximate surface area is 123 Å². The average Bonchev–Trinajstić information content (AvgIpc) is 3.10. The van der Waals surface area contributed by atoms with E-state index in [9.17, 15) is 9.90 Å². The van der Waals surface area contributed by atoms with Crippen LogP contribution in [0.25, 0.3) is 0 Å². The molecule has 1 aliphatic heterocycles. The van der Waals surface area contributed by atoms with Crippen molar-refractivity contribution < 1.29 is 14.6 Å². The maximum absolute atomic E-state index is 11.4. The number of aromatic nitrogens is 2. The Kier molecular flexibility index (Phi) is 3.75. The largest absolute Gasteiger partial charge is 0.478 e. The van der Waals surface area contributed by atoms with Crippen LogP contribution in [-0.2, 0) is 11.3 Å². The van der Waals surface area contributed by atoms with Gasteiger partial charge in [0, 0.05) is 18.7 Å². The Hall–Kier alpha value is -2.14. The van der Waals surface area contributed by atoms with Crippen molar-refractivity contribution in [3.05, 3.63) is 52.8 Å². The second-order valence-electron chi connectivity index (χ2n) is 5.42. The topological polar surface area (TPSA) is 64.4 Å². The first kappa shape index (κ1) is 13.8. The van der Waals surface area contributed by atoms with Gasteiger partial charge in [0.2, 0.25) is 0 Å². The Morgan fingerprint density at radius 3 is 2.95 bits per heavy atom. The lowest BCUT2D eigenvalue weighted by atomic mass is 10.0. The smallest absolute Gasteiger partial charge is 0.339 e. The first-order valence-corrected chi connectivity index (χ1v) is 7.08. The average molecular weight is 286 g/mol. The summed E-state index contributed by atoms with van der Waals surface area (Å²) in [6.07, 6.45) is 2.46. The van der Waals surface area contributed by atoms with Crippen LogP contribution in [0.1, 0.15) is 39.5 Å². The van der Waals surface area contributed by atoms with Gasteiger partial charge in [-0.3, -0.25) is 4.68 Å². The zero-order valence-electron chi connectivity index (χ0n) is 12.0. The van der Waals surface area contributed by atoms with E-state index in [1.165, 1.54) is 5.56 Å². The third-order valence-electron chi connectivity index (χ3n) is 3.93. The SMILES string of the molecule is Cc1ccccc1Cn1cc(C(=O)O)c(C2CCOC2)n1. The van der Waals surface area contributed by atoms with Gasteiger partial charge in [-0.1, -0.05) is 24.3 Å². The predicted molar refractivity (Wildman–Crippen MR) is 77.6 cm³/mol. The number of carbonyl (C=O) groups is 1.